The summed E-state index contributed by atoms with van der Waals surface area (Å²) in [5.74, 6) is -0.897. The van der Waals surface area contributed by atoms with Gasteiger partial charge >= 0.3 is 0 Å². The van der Waals surface area contributed by atoms with E-state index in [-0.39, 0.29) is 17.3 Å². The Morgan fingerprint density at radius 2 is 1.59 bits per heavy atom. The van der Waals surface area contributed by atoms with Gasteiger partial charge in [-0.2, -0.15) is 0 Å². The molecule has 41 heavy (non-hydrogen) atoms. The van der Waals surface area contributed by atoms with Crippen molar-refractivity contribution in [2.24, 2.45) is 0 Å². The molecule has 0 fully saturated rings. The number of carbonyl (C=O) groups excluding carboxylic acids is 2. The number of carbonyl (C=O) groups is 2. The SMILES string of the molecule is CC[C@@H](C(=O)NC(C)(C)C)N(Cc1ccc(Cl)cc1Cl)C(=O)CN(c1ccc(C)c(C)c1)S(=O)(=O)c1ccccc1. The van der Waals surface area contributed by atoms with E-state index in [9.17, 15) is 18.0 Å². The lowest BCUT2D eigenvalue weighted by Crippen LogP contribution is -2.55. The molecule has 3 aromatic rings. The van der Waals surface area contributed by atoms with Gasteiger partial charge in [-0.15, -0.1) is 0 Å². The second-order valence-corrected chi connectivity index (χ2v) is 13.7. The predicted molar refractivity (Wildman–Crippen MR) is 166 cm³/mol. The summed E-state index contributed by atoms with van der Waals surface area (Å²) in [5, 5.41) is 3.72. The van der Waals surface area contributed by atoms with E-state index in [1.165, 1.54) is 17.0 Å². The van der Waals surface area contributed by atoms with Gasteiger partial charge < -0.3 is 10.2 Å². The minimum absolute atomic E-state index is 0.0168. The van der Waals surface area contributed by atoms with Crippen LogP contribution in [0.5, 0.6) is 0 Å². The number of hydrogen-bond acceptors (Lipinski definition) is 4. The van der Waals surface area contributed by atoms with Gasteiger partial charge in [-0.1, -0.05) is 60.5 Å². The van der Waals surface area contributed by atoms with Crippen LogP contribution in [0.1, 0.15) is 50.8 Å². The highest BCUT2D eigenvalue weighted by atomic mass is 35.5. The second kappa shape index (κ2) is 13.3. The number of nitrogens with zero attached hydrogens (tertiary/aromatic N) is 2. The molecule has 7 nitrogen and oxygen atoms in total. The number of anilines is 1. The molecular formula is C31H37Cl2N3O4S. The molecule has 0 spiro atoms. The van der Waals surface area contributed by atoms with E-state index < -0.39 is 34.1 Å². The van der Waals surface area contributed by atoms with Crippen LogP contribution in [0, 0.1) is 13.8 Å². The van der Waals surface area contributed by atoms with Crippen molar-refractivity contribution in [3.05, 3.63) is 93.5 Å². The molecule has 220 valence electrons. The molecule has 0 heterocycles. The number of hydrogen-bond donors (Lipinski definition) is 1. The normalized spacial score (nSPS) is 12.5. The number of nitrogens with one attached hydrogen (secondary N) is 1. The summed E-state index contributed by atoms with van der Waals surface area (Å²) in [6.45, 7) is 10.6. The lowest BCUT2D eigenvalue weighted by Gasteiger charge is -2.35. The lowest BCUT2D eigenvalue weighted by atomic mass is 10.1. The molecule has 0 aliphatic heterocycles. The second-order valence-electron chi connectivity index (χ2n) is 11.0. The fraction of sp³-hybridized carbons (Fsp3) is 0.355. The van der Waals surface area contributed by atoms with E-state index in [2.05, 4.69) is 5.32 Å². The van der Waals surface area contributed by atoms with Crippen LogP contribution in [0.15, 0.2) is 71.6 Å². The van der Waals surface area contributed by atoms with Gasteiger partial charge in [0.15, 0.2) is 0 Å². The van der Waals surface area contributed by atoms with Gasteiger partial charge in [0.1, 0.15) is 12.6 Å². The molecule has 3 rings (SSSR count). The van der Waals surface area contributed by atoms with Crippen molar-refractivity contribution >= 4 is 50.7 Å². The Kier molecular flexibility index (Phi) is 10.5. The Balaban J connectivity index is 2.11. The highest BCUT2D eigenvalue weighted by molar-refractivity contribution is 7.92. The summed E-state index contributed by atoms with van der Waals surface area (Å²) in [6.07, 6.45) is 0.300. The molecule has 0 unspecified atom stereocenters. The maximum absolute atomic E-state index is 14.2. The third-order valence-corrected chi connectivity index (χ3v) is 9.00. The van der Waals surface area contributed by atoms with Crippen molar-refractivity contribution in [2.45, 2.75) is 71.0 Å². The Labute approximate surface area is 253 Å². The minimum Gasteiger partial charge on any atom is -0.350 e. The molecule has 1 atom stereocenters. The Morgan fingerprint density at radius 1 is 0.927 bits per heavy atom. The van der Waals surface area contributed by atoms with Gasteiger partial charge in [-0.05, 0) is 94.1 Å². The Hall–Kier alpha value is -3.07. The number of amides is 2. The van der Waals surface area contributed by atoms with Crippen LogP contribution in [0.3, 0.4) is 0 Å². The molecule has 0 bridgehead atoms. The third-order valence-electron chi connectivity index (χ3n) is 6.63. The summed E-state index contributed by atoms with van der Waals surface area (Å²) < 4.78 is 29.0. The van der Waals surface area contributed by atoms with E-state index >= 15 is 0 Å². The molecule has 2 amide bonds. The molecule has 0 aliphatic rings. The highest BCUT2D eigenvalue weighted by Crippen LogP contribution is 2.28. The van der Waals surface area contributed by atoms with E-state index in [1.807, 2.05) is 40.7 Å². The first-order valence-electron chi connectivity index (χ1n) is 13.3. The standard InChI is InChI=1S/C31H37Cl2N3O4S/c1-7-28(30(38)34-31(4,5)6)35(19-23-14-15-24(32)18-27(23)33)29(37)20-36(25-16-13-21(2)22(3)17-25)41(39,40)26-11-9-8-10-12-26/h8-18,28H,7,19-20H2,1-6H3,(H,34,38)/t28-/m0/s1. The van der Waals surface area contributed by atoms with Crippen molar-refractivity contribution in [2.75, 3.05) is 10.8 Å². The largest absolute Gasteiger partial charge is 0.350 e. The summed E-state index contributed by atoms with van der Waals surface area (Å²) in [6, 6.07) is 17.2. The van der Waals surface area contributed by atoms with Crippen molar-refractivity contribution in [3.8, 4) is 0 Å². The fourth-order valence-electron chi connectivity index (χ4n) is 4.33. The maximum atomic E-state index is 14.2. The molecule has 0 saturated heterocycles. The average Bonchev–Trinajstić information content (AvgIpc) is 2.89. The number of halogens is 2. The molecule has 10 heteroatoms. The van der Waals surface area contributed by atoms with E-state index in [4.69, 9.17) is 23.2 Å². The summed E-state index contributed by atoms with van der Waals surface area (Å²) >= 11 is 12.6. The monoisotopic (exact) mass is 617 g/mol. The topological polar surface area (TPSA) is 86.8 Å². The highest BCUT2D eigenvalue weighted by Gasteiger charge is 2.35. The quantitative estimate of drug-likeness (QED) is 0.280. The van der Waals surface area contributed by atoms with Gasteiger partial charge in [0.2, 0.25) is 11.8 Å². The van der Waals surface area contributed by atoms with Crippen LogP contribution in [-0.2, 0) is 26.2 Å². The summed E-state index contributed by atoms with van der Waals surface area (Å²) in [4.78, 5) is 29.1. The van der Waals surface area contributed by atoms with Crippen LogP contribution in [0.25, 0.3) is 0 Å². The van der Waals surface area contributed by atoms with Crippen molar-refractivity contribution in [1.82, 2.24) is 10.2 Å². The van der Waals surface area contributed by atoms with Crippen LogP contribution in [-0.4, -0.2) is 43.3 Å². The van der Waals surface area contributed by atoms with Crippen LogP contribution >= 0.6 is 23.2 Å². The van der Waals surface area contributed by atoms with E-state index in [0.717, 1.165) is 15.4 Å². The van der Waals surface area contributed by atoms with E-state index in [1.54, 1.807) is 55.5 Å². The zero-order valence-corrected chi connectivity index (χ0v) is 26.6. The molecule has 0 radical (unpaired) electrons. The first-order valence-corrected chi connectivity index (χ1v) is 15.5. The third kappa shape index (κ3) is 8.24. The molecular weight excluding hydrogens is 581 g/mol. The molecule has 3 aromatic carbocycles. The zero-order chi connectivity index (χ0) is 30.5. The number of sulfonamides is 1. The zero-order valence-electron chi connectivity index (χ0n) is 24.2. The van der Waals surface area contributed by atoms with Crippen molar-refractivity contribution < 1.29 is 18.0 Å². The summed E-state index contributed by atoms with van der Waals surface area (Å²) in [7, 11) is -4.14. The van der Waals surface area contributed by atoms with Crippen LogP contribution in [0.2, 0.25) is 10.0 Å². The lowest BCUT2D eigenvalue weighted by molar-refractivity contribution is -0.141. The van der Waals surface area contributed by atoms with Gasteiger partial charge in [-0.25, -0.2) is 8.42 Å². The number of aryl methyl sites for hydroxylation is 2. The smallest absolute Gasteiger partial charge is 0.264 e. The molecule has 1 N–H and O–H groups in total. The average molecular weight is 619 g/mol. The first kappa shape index (κ1) is 32.4. The van der Waals surface area contributed by atoms with Crippen molar-refractivity contribution in [1.29, 1.82) is 0 Å². The molecule has 0 aromatic heterocycles. The number of benzene rings is 3. The van der Waals surface area contributed by atoms with Gasteiger partial charge in [0.25, 0.3) is 10.0 Å². The summed E-state index contributed by atoms with van der Waals surface area (Å²) in [5.41, 5.74) is 2.25. The van der Waals surface area contributed by atoms with E-state index in [0.29, 0.717) is 27.7 Å². The maximum Gasteiger partial charge on any atom is 0.264 e. The first-order chi connectivity index (χ1) is 19.1. The Bertz CT molecular complexity index is 1510. The Morgan fingerprint density at radius 3 is 2.15 bits per heavy atom. The number of rotatable bonds is 10. The molecule has 0 saturated carbocycles. The minimum atomic E-state index is -4.14. The van der Waals surface area contributed by atoms with Crippen LogP contribution < -0.4 is 9.62 Å². The predicted octanol–water partition coefficient (Wildman–Crippen LogP) is 6.53. The van der Waals surface area contributed by atoms with Crippen LogP contribution in [0.4, 0.5) is 5.69 Å². The fourth-order valence-corrected chi connectivity index (χ4v) is 6.23. The van der Waals surface area contributed by atoms with Gasteiger partial charge in [0.05, 0.1) is 10.6 Å². The molecule has 0 aliphatic carbocycles. The van der Waals surface area contributed by atoms with Gasteiger partial charge in [0, 0.05) is 22.1 Å². The van der Waals surface area contributed by atoms with Gasteiger partial charge in [-0.3, -0.25) is 13.9 Å². The van der Waals surface area contributed by atoms with Crippen molar-refractivity contribution in [3.63, 3.8) is 0 Å².